The van der Waals surface area contributed by atoms with E-state index < -0.39 is 0 Å². The maximum absolute atomic E-state index is 11.6. The van der Waals surface area contributed by atoms with E-state index in [0.717, 1.165) is 19.4 Å². The Hall–Kier alpha value is -0.810. The van der Waals surface area contributed by atoms with E-state index in [1.807, 2.05) is 0 Å². The highest BCUT2D eigenvalue weighted by Crippen LogP contribution is 2.33. The van der Waals surface area contributed by atoms with Gasteiger partial charge in [-0.1, -0.05) is 20.8 Å². The molecule has 19 heavy (non-hydrogen) atoms. The zero-order valence-corrected chi connectivity index (χ0v) is 12.6. The van der Waals surface area contributed by atoms with Gasteiger partial charge in [0, 0.05) is 32.7 Å². The summed E-state index contributed by atoms with van der Waals surface area (Å²) in [6.07, 6.45) is 2.39. The van der Waals surface area contributed by atoms with Crippen molar-refractivity contribution in [3.8, 4) is 0 Å². The molecule has 2 atom stereocenters. The average Bonchev–Trinajstić information content (AvgIpc) is 2.36. The molecule has 0 aromatic rings. The number of amides is 2. The molecule has 112 valence electrons. The predicted octanol–water partition coefficient (Wildman–Crippen LogP) is 1.77. The highest BCUT2D eigenvalue weighted by Gasteiger charge is 2.35. The van der Waals surface area contributed by atoms with Gasteiger partial charge in [-0.15, -0.1) is 0 Å². The highest BCUT2D eigenvalue weighted by atomic mass is 16.5. The monoisotopic (exact) mass is 272 g/mol. The number of carbonyl (C=O) groups is 1. The van der Waals surface area contributed by atoms with Crippen molar-refractivity contribution in [3.63, 3.8) is 0 Å². The number of hydrogen-bond acceptors (Lipinski definition) is 3. The molecule has 1 saturated heterocycles. The zero-order valence-electron chi connectivity index (χ0n) is 12.6. The van der Waals surface area contributed by atoms with Gasteiger partial charge in [-0.05, 0) is 18.3 Å². The van der Waals surface area contributed by atoms with Gasteiger partial charge in [0.25, 0.3) is 0 Å². The minimum atomic E-state index is -0.129. The number of rotatable bonds is 5. The molecule has 1 fully saturated rings. The summed E-state index contributed by atoms with van der Waals surface area (Å²) in [5.41, 5.74) is 0.110. The number of carbonyl (C=O) groups excluding carboxylic acids is 1. The Kier molecular flexibility index (Phi) is 6.58. The molecule has 1 aliphatic heterocycles. The summed E-state index contributed by atoms with van der Waals surface area (Å²) in [6.45, 7) is 9.13. The fraction of sp³-hybridized carbons (Fsp3) is 0.929. The molecule has 0 spiro atoms. The van der Waals surface area contributed by atoms with Gasteiger partial charge in [-0.25, -0.2) is 4.79 Å². The van der Waals surface area contributed by atoms with Crippen LogP contribution >= 0.6 is 0 Å². The van der Waals surface area contributed by atoms with Crippen LogP contribution in [0.15, 0.2) is 0 Å². The van der Waals surface area contributed by atoms with Crippen LogP contribution < -0.4 is 10.6 Å². The fourth-order valence-electron chi connectivity index (χ4n) is 2.56. The van der Waals surface area contributed by atoms with E-state index in [9.17, 15) is 4.79 Å². The lowest BCUT2D eigenvalue weighted by Crippen LogP contribution is -2.47. The molecule has 1 heterocycles. The Balaban J connectivity index is 2.35. The Morgan fingerprint density at radius 2 is 2.11 bits per heavy atom. The molecule has 0 unspecified atom stereocenters. The molecular formula is C14H28N2O3. The molecule has 1 rings (SSSR count). The Morgan fingerprint density at radius 1 is 1.37 bits per heavy atom. The second-order valence-corrected chi connectivity index (χ2v) is 6.19. The lowest BCUT2D eigenvalue weighted by Gasteiger charge is -2.40. The van der Waals surface area contributed by atoms with E-state index in [4.69, 9.17) is 9.47 Å². The van der Waals surface area contributed by atoms with Gasteiger partial charge < -0.3 is 20.1 Å². The van der Waals surface area contributed by atoms with Crippen molar-refractivity contribution in [3.05, 3.63) is 0 Å². The lowest BCUT2D eigenvalue weighted by atomic mass is 9.78. The van der Waals surface area contributed by atoms with Crippen LogP contribution in [0.3, 0.4) is 0 Å². The second kappa shape index (κ2) is 7.70. The van der Waals surface area contributed by atoms with Crippen LogP contribution in [0.1, 0.15) is 33.6 Å². The third kappa shape index (κ3) is 5.78. The number of methoxy groups -OCH3 is 1. The summed E-state index contributed by atoms with van der Waals surface area (Å²) in [6, 6.07) is -0.129. The smallest absolute Gasteiger partial charge is 0.314 e. The molecule has 5 heteroatoms. The van der Waals surface area contributed by atoms with Crippen molar-refractivity contribution in [2.45, 2.75) is 39.7 Å². The maximum Gasteiger partial charge on any atom is 0.314 e. The van der Waals surface area contributed by atoms with Crippen molar-refractivity contribution in [2.24, 2.45) is 11.3 Å². The highest BCUT2D eigenvalue weighted by molar-refractivity contribution is 5.73. The van der Waals surface area contributed by atoms with Gasteiger partial charge in [0.05, 0.1) is 12.7 Å². The summed E-state index contributed by atoms with van der Waals surface area (Å²) in [7, 11) is 1.62. The largest absolute Gasteiger partial charge is 0.383 e. The molecular weight excluding hydrogens is 244 g/mol. The van der Waals surface area contributed by atoms with E-state index >= 15 is 0 Å². The first kappa shape index (κ1) is 16.2. The molecule has 2 N–H and O–H groups in total. The fourth-order valence-corrected chi connectivity index (χ4v) is 2.56. The molecule has 0 bridgehead atoms. The third-order valence-corrected chi connectivity index (χ3v) is 3.41. The normalized spacial score (nSPS) is 24.0. The van der Waals surface area contributed by atoms with Gasteiger partial charge in [0.1, 0.15) is 0 Å². The Bertz CT molecular complexity index is 276. The summed E-state index contributed by atoms with van der Waals surface area (Å²) < 4.78 is 10.8. The van der Waals surface area contributed by atoms with Crippen molar-refractivity contribution < 1.29 is 14.3 Å². The molecule has 1 aliphatic rings. The number of nitrogens with one attached hydrogen (secondary N) is 2. The topological polar surface area (TPSA) is 59.6 Å². The average molecular weight is 272 g/mol. The minimum absolute atomic E-state index is 0.110. The number of hydrogen-bond donors (Lipinski definition) is 2. The summed E-state index contributed by atoms with van der Waals surface area (Å²) in [5, 5.41) is 5.69. The van der Waals surface area contributed by atoms with Crippen LogP contribution in [0.4, 0.5) is 4.79 Å². The van der Waals surface area contributed by atoms with Gasteiger partial charge in [-0.2, -0.15) is 0 Å². The summed E-state index contributed by atoms with van der Waals surface area (Å²) in [5.74, 6) is 0.391. The standard InChI is InChI=1S/C14H28N2O3/c1-14(2,3)12-11(6-5-8-19-12)10-16-13(17)15-7-9-18-4/h11-12H,5-10H2,1-4H3,(H2,15,16,17)/t11-,12+/m0/s1. The number of urea groups is 1. The van der Waals surface area contributed by atoms with E-state index in [0.29, 0.717) is 25.6 Å². The maximum atomic E-state index is 11.6. The Morgan fingerprint density at radius 3 is 2.74 bits per heavy atom. The first-order valence-electron chi connectivity index (χ1n) is 7.07. The van der Waals surface area contributed by atoms with Crippen molar-refractivity contribution in [2.75, 3.05) is 33.4 Å². The molecule has 2 amide bonds. The van der Waals surface area contributed by atoms with E-state index in [2.05, 4.69) is 31.4 Å². The molecule has 0 radical (unpaired) electrons. The molecule has 0 aromatic carbocycles. The second-order valence-electron chi connectivity index (χ2n) is 6.19. The van der Waals surface area contributed by atoms with Gasteiger partial charge in [0.15, 0.2) is 0 Å². The van der Waals surface area contributed by atoms with Gasteiger partial charge in [-0.3, -0.25) is 0 Å². The zero-order chi connectivity index (χ0) is 14.3. The number of ether oxygens (including phenoxy) is 2. The minimum Gasteiger partial charge on any atom is -0.383 e. The van der Waals surface area contributed by atoms with Crippen molar-refractivity contribution in [1.29, 1.82) is 0 Å². The molecule has 0 aliphatic carbocycles. The molecule has 5 nitrogen and oxygen atoms in total. The van der Waals surface area contributed by atoms with E-state index in [-0.39, 0.29) is 17.6 Å². The summed E-state index contributed by atoms with van der Waals surface area (Å²) >= 11 is 0. The molecule has 0 saturated carbocycles. The van der Waals surface area contributed by atoms with Gasteiger partial charge in [0.2, 0.25) is 0 Å². The quantitative estimate of drug-likeness (QED) is 0.750. The van der Waals surface area contributed by atoms with Gasteiger partial charge >= 0.3 is 6.03 Å². The van der Waals surface area contributed by atoms with E-state index in [1.165, 1.54) is 0 Å². The van der Waals surface area contributed by atoms with Crippen LogP contribution in [0.5, 0.6) is 0 Å². The lowest BCUT2D eigenvalue weighted by molar-refractivity contribution is -0.0837. The first-order chi connectivity index (χ1) is 8.95. The molecule has 0 aromatic heterocycles. The summed E-state index contributed by atoms with van der Waals surface area (Å²) in [4.78, 5) is 11.6. The van der Waals surface area contributed by atoms with Crippen LogP contribution in [-0.2, 0) is 9.47 Å². The van der Waals surface area contributed by atoms with Crippen LogP contribution in [0.2, 0.25) is 0 Å². The van der Waals surface area contributed by atoms with E-state index in [1.54, 1.807) is 7.11 Å². The SMILES string of the molecule is COCCNC(=O)NC[C@@H]1CCCO[C@H]1C(C)(C)C. The van der Waals surface area contributed by atoms with Crippen LogP contribution in [0, 0.1) is 11.3 Å². The third-order valence-electron chi connectivity index (χ3n) is 3.41. The predicted molar refractivity (Wildman–Crippen MR) is 75.2 cm³/mol. The van der Waals surface area contributed by atoms with Crippen LogP contribution in [-0.4, -0.2) is 45.5 Å². The Labute approximate surface area is 116 Å². The van der Waals surface area contributed by atoms with Crippen LogP contribution in [0.25, 0.3) is 0 Å². The van der Waals surface area contributed by atoms with Crippen molar-refractivity contribution >= 4 is 6.03 Å². The first-order valence-corrected chi connectivity index (χ1v) is 7.07. The van der Waals surface area contributed by atoms with Crippen molar-refractivity contribution in [1.82, 2.24) is 10.6 Å².